The van der Waals surface area contributed by atoms with Crippen molar-refractivity contribution in [1.29, 1.82) is 0 Å². The fraction of sp³-hybridized carbons (Fsp3) is 0.167. The molecular weight excluding hydrogens is 287 g/mol. The number of hydrogen-bond acceptors (Lipinski definition) is 2. The SMILES string of the molecule is C=CCCn1cnc2c(F)cc(Br)cc2c1=O. The lowest BCUT2D eigenvalue weighted by Gasteiger charge is -2.05. The lowest BCUT2D eigenvalue weighted by atomic mass is 10.2. The third kappa shape index (κ3) is 2.29. The number of benzene rings is 1. The van der Waals surface area contributed by atoms with Crippen LogP contribution in [0.1, 0.15) is 6.42 Å². The van der Waals surface area contributed by atoms with Crippen molar-refractivity contribution < 1.29 is 4.39 Å². The van der Waals surface area contributed by atoms with E-state index in [4.69, 9.17) is 0 Å². The predicted octanol–water partition coefficient (Wildman–Crippen LogP) is 2.87. The van der Waals surface area contributed by atoms with Gasteiger partial charge in [-0.25, -0.2) is 9.37 Å². The van der Waals surface area contributed by atoms with Crippen LogP contribution in [-0.4, -0.2) is 9.55 Å². The van der Waals surface area contributed by atoms with Crippen molar-refractivity contribution in [2.45, 2.75) is 13.0 Å². The summed E-state index contributed by atoms with van der Waals surface area (Å²) in [6.07, 6.45) is 3.76. The van der Waals surface area contributed by atoms with Gasteiger partial charge in [0.25, 0.3) is 5.56 Å². The van der Waals surface area contributed by atoms with Gasteiger partial charge in [-0.2, -0.15) is 0 Å². The second-order valence-electron chi connectivity index (χ2n) is 3.60. The van der Waals surface area contributed by atoms with Crippen LogP contribution in [0.4, 0.5) is 4.39 Å². The van der Waals surface area contributed by atoms with Crippen LogP contribution in [0.5, 0.6) is 0 Å². The summed E-state index contributed by atoms with van der Waals surface area (Å²) in [4.78, 5) is 16.0. The van der Waals surface area contributed by atoms with Crippen LogP contribution >= 0.6 is 15.9 Å². The van der Waals surface area contributed by atoms with Crippen LogP contribution in [0.15, 0.2) is 40.4 Å². The molecule has 2 rings (SSSR count). The van der Waals surface area contributed by atoms with E-state index < -0.39 is 5.82 Å². The number of rotatable bonds is 3. The number of nitrogens with zero attached hydrogens (tertiary/aromatic N) is 2. The van der Waals surface area contributed by atoms with E-state index >= 15 is 0 Å². The minimum Gasteiger partial charge on any atom is -0.298 e. The Balaban J connectivity index is 2.66. The molecule has 1 aromatic heterocycles. The molecule has 0 amide bonds. The highest BCUT2D eigenvalue weighted by Gasteiger charge is 2.09. The summed E-state index contributed by atoms with van der Waals surface area (Å²) < 4.78 is 15.5. The van der Waals surface area contributed by atoms with Gasteiger partial charge >= 0.3 is 0 Å². The maximum Gasteiger partial charge on any atom is 0.261 e. The standard InChI is InChI=1S/C12H10BrFN2O/c1-2-3-4-16-7-15-11-9(12(16)17)5-8(13)6-10(11)14/h2,5-7H,1,3-4H2. The molecule has 0 unspecified atom stereocenters. The van der Waals surface area contributed by atoms with Crippen molar-refractivity contribution in [3.05, 3.63) is 51.8 Å². The van der Waals surface area contributed by atoms with E-state index in [1.807, 2.05) is 0 Å². The van der Waals surface area contributed by atoms with E-state index in [2.05, 4.69) is 27.5 Å². The first kappa shape index (κ1) is 12.0. The van der Waals surface area contributed by atoms with Crippen molar-refractivity contribution >= 4 is 26.8 Å². The second-order valence-corrected chi connectivity index (χ2v) is 4.52. The molecule has 17 heavy (non-hydrogen) atoms. The molecule has 0 bridgehead atoms. The number of fused-ring (bicyclic) bond motifs is 1. The van der Waals surface area contributed by atoms with Crippen LogP contribution in [0.3, 0.4) is 0 Å². The average Bonchev–Trinajstić information content (AvgIpc) is 2.29. The van der Waals surface area contributed by atoms with Gasteiger partial charge in [-0.05, 0) is 18.6 Å². The molecule has 1 heterocycles. The molecule has 0 saturated carbocycles. The molecule has 0 aliphatic carbocycles. The zero-order valence-electron chi connectivity index (χ0n) is 8.99. The number of aryl methyl sites for hydroxylation is 1. The van der Waals surface area contributed by atoms with Crippen molar-refractivity contribution in [1.82, 2.24) is 9.55 Å². The van der Waals surface area contributed by atoms with Gasteiger partial charge in [0.2, 0.25) is 0 Å². The third-order valence-electron chi connectivity index (χ3n) is 2.42. The molecule has 1 aromatic carbocycles. The first-order chi connectivity index (χ1) is 8.13. The molecule has 0 aliphatic rings. The summed E-state index contributed by atoms with van der Waals surface area (Å²) in [5, 5.41) is 0.281. The van der Waals surface area contributed by atoms with Crippen LogP contribution in [0, 0.1) is 5.82 Å². The number of hydrogen-bond donors (Lipinski definition) is 0. The van der Waals surface area contributed by atoms with Gasteiger partial charge in [-0.15, -0.1) is 6.58 Å². The molecule has 5 heteroatoms. The highest BCUT2D eigenvalue weighted by molar-refractivity contribution is 9.10. The van der Waals surface area contributed by atoms with E-state index in [1.165, 1.54) is 17.0 Å². The van der Waals surface area contributed by atoms with Crippen LogP contribution in [0.2, 0.25) is 0 Å². The molecule has 0 saturated heterocycles. The molecule has 3 nitrogen and oxygen atoms in total. The lowest BCUT2D eigenvalue weighted by Crippen LogP contribution is -2.20. The Bertz CT molecular complexity index is 636. The quantitative estimate of drug-likeness (QED) is 0.817. The van der Waals surface area contributed by atoms with E-state index in [-0.39, 0.29) is 16.5 Å². The normalized spacial score (nSPS) is 10.7. The van der Waals surface area contributed by atoms with Gasteiger partial charge in [0, 0.05) is 11.0 Å². The fourth-order valence-corrected chi connectivity index (χ4v) is 2.01. The van der Waals surface area contributed by atoms with Crippen LogP contribution in [0.25, 0.3) is 10.9 Å². The van der Waals surface area contributed by atoms with Crippen LogP contribution in [-0.2, 0) is 6.54 Å². The van der Waals surface area contributed by atoms with E-state index in [9.17, 15) is 9.18 Å². The molecule has 0 N–H and O–H groups in total. The Labute approximate surface area is 106 Å². The first-order valence-electron chi connectivity index (χ1n) is 5.08. The Morgan fingerprint density at radius 3 is 3.00 bits per heavy atom. The molecule has 0 aliphatic heterocycles. The zero-order chi connectivity index (χ0) is 12.4. The number of allylic oxidation sites excluding steroid dienone is 1. The van der Waals surface area contributed by atoms with Crippen LogP contribution < -0.4 is 5.56 Å². The minimum absolute atomic E-state index is 0.105. The summed E-state index contributed by atoms with van der Waals surface area (Å²) in [6, 6.07) is 2.88. The van der Waals surface area contributed by atoms with Crippen molar-refractivity contribution in [2.24, 2.45) is 0 Å². The Kier molecular flexibility index (Phi) is 3.38. The molecule has 0 atom stereocenters. The largest absolute Gasteiger partial charge is 0.298 e. The average molecular weight is 297 g/mol. The molecule has 0 radical (unpaired) electrons. The molecule has 0 fully saturated rings. The summed E-state index contributed by atoms with van der Waals surface area (Å²) in [5.74, 6) is -0.498. The molecule has 0 spiro atoms. The fourth-order valence-electron chi connectivity index (χ4n) is 1.58. The zero-order valence-corrected chi connectivity index (χ0v) is 10.6. The molecule has 88 valence electrons. The second kappa shape index (κ2) is 4.79. The van der Waals surface area contributed by atoms with Gasteiger partial charge in [-0.1, -0.05) is 22.0 Å². The smallest absolute Gasteiger partial charge is 0.261 e. The molecular formula is C12H10BrFN2O. The van der Waals surface area contributed by atoms with Gasteiger partial charge < -0.3 is 0 Å². The van der Waals surface area contributed by atoms with Crippen molar-refractivity contribution in [3.63, 3.8) is 0 Å². The highest BCUT2D eigenvalue weighted by Crippen LogP contribution is 2.18. The highest BCUT2D eigenvalue weighted by atomic mass is 79.9. The Hall–Kier alpha value is -1.49. The number of aromatic nitrogens is 2. The maximum absolute atomic E-state index is 13.6. The lowest BCUT2D eigenvalue weighted by molar-refractivity contribution is 0.630. The summed E-state index contributed by atoms with van der Waals surface area (Å²) in [7, 11) is 0. The van der Waals surface area contributed by atoms with Gasteiger partial charge in [0.15, 0.2) is 5.82 Å². The van der Waals surface area contributed by atoms with Gasteiger partial charge in [-0.3, -0.25) is 9.36 Å². The Morgan fingerprint density at radius 1 is 1.53 bits per heavy atom. The third-order valence-corrected chi connectivity index (χ3v) is 2.88. The van der Waals surface area contributed by atoms with Crippen molar-refractivity contribution in [2.75, 3.05) is 0 Å². The van der Waals surface area contributed by atoms with Gasteiger partial charge in [0.05, 0.1) is 11.7 Å². The molecule has 2 aromatic rings. The number of halogens is 2. The summed E-state index contributed by atoms with van der Waals surface area (Å²) in [6.45, 7) is 4.09. The van der Waals surface area contributed by atoms with E-state index in [0.717, 1.165) is 0 Å². The minimum atomic E-state index is -0.498. The first-order valence-corrected chi connectivity index (χ1v) is 5.88. The summed E-state index contributed by atoms with van der Waals surface area (Å²) >= 11 is 3.16. The maximum atomic E-state index is 13.6. The monoisotopic (exact) mass is 296 g/mol. The van der Waals surface area contributed by atoms with Crippen molar-refractivity contribution in [3.8, 4) is 0 Å². The predicted molar refractivity (Wildman–Crippen MR) is 68.5 cm³/mol. The topological polar surface area (TPSA) is 34.9 Å². The van der Waals surface area contributed by atoms with E-state index in [1.54, 1.807) is 12.1 Å². The summed E-state index contributed by atoms with van der Waals surface area (Å²) in [5.41, 5.74) is -0.134. The van der Waals surface area contributed by atoms with E-state index in [0.29, 0.717) is 17.4 Å². The Morgan fingerprint density at radius 2 is 2.29 bits per heavy atom. The van der Waals surface area contributed by atoms with Gasteiger partial charge in [0.1, 0.15) is 5.52 Å².